The number of halogens is 1. The highest BCUT2D eigenvalue weighted by Crippen LogP contribution is 2.42. The second kappa shape index (κ2) is 6.35. The van der Waals surface area contributed by atoms with Crippen molar-refractivity contribution in [1.29, 1.82) is 0 Å². The van der Waals surface area contributed by atoms with Gasteiger partial charge in [0.15, 0.2) is 0 Å². The van der Waals surface area contributed by atoms with Crippen LogP contribution in [0.4, 0.5) is 16.4 Å². The smallest absolute Gasteiger partial charge is 0.241 e. The van der Waals surface area contributed by atoms with Gasteiger partial charge in [0.2, 0.25) is 11.8 Å². The zero-order valence-corrected chi connectivity index (χ0v) is 14.6. The SMILES string of the molecule is O=C1CC(=O)N(c2ccc(-c3ccccc3)s2)c2cc(Cl)ccc2N1. The Morgan fingerprint density at radius 2 is 1.80 bits per heavy atom. The van der Waals surface area contributed by atoms with E-state index in [9.17, 15) is 9.59 Å². The zero-order valence-electron chi connectivity index (χ0n) is 13.0. The van der Waals surface area contributed by atoms with Crippen LogP contribution < -0.4 is 10.2 Å². The summed E-state index contributed by atoms with van der Waals surface area (Å²) in [6.45, 7) is 0. The van der Waals surface area contributed by atoms with E-state index in [1.807, 2.05) is 42.5 Å². The minimum Gasteiger partial charge on any atom is -0.324 e. The molecule has 1 aromatic heterocycles. The van der Waals surface area contributed by atoms with Crippen molar-refractivity contribution in [1.82, 2.24) is 0 Å². The fourth-order valence-electron chi connectivity index (χ4n) is 2.79. The minimum absolute atomic E-state index is 0.204. The van der Waals surface area contributed by atoms with Gasteiger partial charge in [-0.1, -0.05) is 41.9 Å². The first-order chi connectivity index (χ1) is 12.1. The molecule has 0 spiro atoms. The Morgan fingerprint density at radius 3 is 2.60 bits per heavy atom. The van der Waals surface area contributed by atoms with Crippen molar-refractivity contribution >= 4 is 51.1 Å². The maximum Gasteiger partial charge on any atom is 0.241 e. The summed E-state index contributed by atoms with van der Waals surface area (Å²) in [4.78, 5) is 27.2. The summed E-state index contributed by atoms with van der Waals surface area (Å²) in [5.74, 6) is -0.601. The van der Waals surface area contributed by atoms with Crippen molar-refractivity contribution < 1.29 is 9.59 Å². The van der Waals surface area contributed by atoms with Crippen LogP contribution in [0.25, 0.3) is 10.4 Å². The molecule has 124 valence electrons. The van der Waals surface area contributed by atoms with Gasteiger partial charge in [0.25, 0.3) is 0 Å². The second-order valence-electron chi connectivity index (χ2n) is 5.62. The first-order valence-corrected chi connectivity index (χ1v) is 8.89. The Morgan fingerprint density at radius 1 is 1.00 bits per heavy atom. The van der Waals surface area contributed by atoms with Crippen LogP contribution in [0.5, 0.6) is 0 Å². The highest BCUT2D eigenvalue weighted by atomic mass is 35.5. The van der Waals surface area contributed by atoms with Crippen LogP contribution in [-0.4, -0.2) is 11.8 Å². The molecule has 2 amide bonds. The van der Waals surface area contributed by atoms with Crippen LogP contribution in [0.2, 0.25) is 5.02 Å². The number of nitrogens with one attached hydrogen (secondary N) is 1. The van der Waals surface area contributed by atoms with E-state index in [0.717, 1.165) is 15.4 Å². The van der Waals surface area contributed by atoms with E-state index in [-0.39, 0.29) is 18.2 Å². The summed E-state index contributed by atoms with van der Waals surface area (Å²) >= 11 is 7.62. The van der Waals surface area contributed by atoms with Crippen LogP contribution in [0.3, 0.4) is 0 Å². The molecule has 4 rings (SSSR count). The van der Waals surface area contributed by atoms with Crippen LogP contribution in [0.1, 0.15) is 6.42 Å². The van der Waals surface area contributed by atoms with E-state index in [2.05, 4.69) is 5.32 Å². The zero-order chi connectivity index (χ0) is 17.4. The molecule has 0 bridgehead atoms. The predicted octanol–water partition coefficient (Wildman–Crippen LogP) is 5.08. The number of fused-ring (bicyclic) bond motifs is 1. The third kappa shape index (κ3) is 3.04. The summed E-state index contributed by atoms with van der Waals surface area (Å²) in [5.41, 5.74) is 2.25. The number of benzene rings is 2. The Kier molecular flexibility index (Phi) is 4.03. The first-order valence-electron chi connectivity index (χ1n) is 7.69. The summed E-state index contributed by atoms with van der Waals surface area (Å²) < 4.78 is 0. The highest BCUT2D eigenvalue weighted by Gasteiger charge is 2.28. The maximum absolute atomic E-state index is 12.7. The van der Waals surface area contributed by atoms with E-state index in [1.54, 1.807) is 23.1 Å². The van der Waals surface area contributed by atoms with Crippen LogP contribution >= 0.6 is 22.9 Å². The van der Waals surface area contributed by atoms with Gasteiger partial charge in [-0.2, -0.15) is 0 Å². The molecule has 25 heavy (non-hydrogen) atoms. The van der Waals surface area contributed by atoms with Gasteiger partial charge < -0.3 is 5.32 Å². The lowest BCUT2D eigenvalue weighted by Gasteiger charge is -2.20. The van der Waals surface area contributed by atoms with E-state index >= 15 is 0 Å². The van der Waals surface area contributed by atoms with Gasteiger partial charge in [0.1, 0.15) is 11.4 Å². The fourth-order valence-corrected chi connectivity index (χ4v) is 4.00. The first kappa shape index (κ1) is 15.9. The number of carbonyl (C=O) groups is 2. The molecule has 0 atom stereocenters. The molecular formula is C19H13ClN2O2S. The quantitative estimate of drug-likeness (QED) is 0.641. The monoisotopic (exact) mass is 368 g/mol. The van der Waals surface area contributed by atoms with Crippen molar-refractivity contribution in [2.45, 2.75) is 6.42 Å². The minimum atomic E-state index is -0.323. The topological polar surface area (TPSA) is 49.4 Å². The fraction of sp³-hybridized carbons (Fsp3) is 0.0526. The summed E-state index contributed by atoms with van der Waals surface area (Å²) in [7, 11) is 0. The number of carbonyl (C=O) groups excluding carboxylic acids is 2. The molecule has 2 heterocycles. The van der Waals surface area contributed by atoms with Gasteiger partial charge in [-0.25, -0.2) is 0 Å². The number of amides is 2. The molecule has 0 unspecified atom stereocenters. The lowest BCUT2D eigenvalue weighted by atomic mass is 10.2. The Hall–Kier alpha value is -2.63. The van der Waals surface area contributed by atoms with E-state index in [0.29, 0.717) is 16.4 Å². The molecule has 3 aromatic rings. The standard InChI is InChI=1S/C19H13ClN2O2S/c20-13-6-7-14-15(10-13)22(18(24)11-17(23)21-14)19-9-8-16(25-19)12-4-2-1-3-5-12/h1-10H,11H2,(H,21,23). The number of rotatable bonds is 2. The van der Waals surface area contributed by atoms with Crippen molar-refractivity contribution in [3.05, 3.63) is 65.7 Å². The molecule has 0 fully saturated rings. The third-order valence-electron chi connectivity index (χ3n) is 3.91. The number of nitrogens with zero attached hydrogens (tertiary/aromatic N) is 1. The lowest BCUT2D eigenvalue weighted by molar-refractivity contribution is -0.124. The van der Waals surface area contributed by atoms with Crippen molar-refractivity contribution in [3.8, 4) is 10.4 Å². The lowest BCUT2D eigenvalue weighted by Crippen LogP contribution is -2.25. The number of anilines is 3. The predicted molar refractivity (Wildman–Crippen MR) is 102 cm³/mol. The van der Waals surface area contributed by atoms with Gasteiger partial charge in [-0.15, -0.1) is 11.3 Å². The summed E-state index contributed by atoms with van der Waals surface area (Å²) in [6, 6.07) is 18.9. The molecule has 1 aliphatic rings. The van der Waals surface area contributed by atoms with E-state index < -0.39 is 0 Å². The van der Waals surface area contributed by atoms with Crippen molar-refractivity contribution in [3.63, 3.8) is 0 Å². The number of hydrogen-bond donors (Lipinski definition) is 1. The van der Waals surface area contributed by atoms with E-state index in [4.69, 9.17) is 11.6 Å². The largest absolute Gasteiger partial charge is 0.324 e. The second-order valence-corrected chi connectivity index (χ2v) is 7.12. The molecule has 0 radical (unpaired) electrons. The normalized spacial score (nSPS) is 14.0. The Bertz CT molecular complexity index is 969. The average molecular weight is 369 g/mol. The number of thiophene rings is 1. The highest BCUT2D eigenvalue weighted by molar-refractivity contribution is 7.19. The molecular weight excluding hydrogens is 356 g/mol. The van der Waals surface area contributed by atoms with E-state index in [1.165, 1.54) is 11.3 Å². The molecule has 2 aromatic carbocycles. The van der Waals surface area contributed by atoms with Crippen LogP contribution in [0, 0.1) is 0 Å². The van der Waals surface area contributed by atoms with Gasteiger partial charge >= 0.3 is 0 Å². The van der Waals surface area contributed by atoms with Crippen molar-refractivity contribution in [2.24, 2.45) is 0 Å². The molecule has 1 aliphatic heterocycles. The van der Waals surface area contributed by atoms with Crippen LogP contribution in [-0.2, 0) is 9.59 Å². The molecule has 4 nitrogen and oxygen atoms in total. The Labute approximate surface area is 153 Å². The summed E-state index contributed by atoms with van der Waals surface area (Å²) in [5, 5.41) is 4.02. The van der Waals surface area contributed by atoms with Gasteiger partial charge in [0.05, 0.1) is 11.4 Å². The molecule has 0 aliphatic carbocycles. The maximum atomic E-state index is 12.7. The summed E-state index contributed by atoms with van der Waals surface area (Å²) in [6.07, 6.45) is -0.204. The Balaban J connectivity index is 1.82. The van der Waals surface area contributed by atoms with Gasteiger partial charge in [-0.3, -0.25) is 14.5 Å². The van der Waals surface area contributed by atoms with Crippen LogP contribution in [0.15, 0.2) is 60.7 Å². The number of hydrogen-bond acceptors (Lipinski definition) is 3. The van der Waals surface area contributed by atoms with Gasteiger partial charge in [-0.05, 0) is 35.9 Å². The third-order valence-corrected chi connectivity index (χ3v) is 5.26. The molecule has 1 N–H and O–H groups in total. The van der Waals surface area contributed by atoms with Crippen molar-refractivity contribution in [2.75, 3.05) is 10.2 Å². The molecule has 0 saturated heterocycles. The average Bonchev–Trinajstić information content (AvgIpc) is 3.03. The molecule has 6 heteroatoms. The van der Waals surface area contributed by atoms with Gasteiger partial charge in [0, 0.05) is 9.90 Å². The molecule has 0 saturated carbocycles.